The standard InChI is InChI=1S/C14H13N5OS4/c1-6-16-11-10(7-3-2-4-8(7)22-11)12(17-6)23-14-19-18-13(24-14)21-5-9(15)20/h2-5H2,1H3,(H2,15,20). The monoisotopic (exact) mass is 395 g/mol. The molecule has 0 spiro atoms. The molecule has 0 aromatic carbocycles. The van der Waals surface area contributed by atoms with Gasteiger partial charge in [-0.25, -0.2) is 9.97 Å². The van der Waals surface area contributed by atoms with Crippen molar-refractivity contribution in [2.24, 2.45) is 5.73 Å². The molecule has 0 aliphatic heterocycles. The average molecular weight is 396 g/mol. The van der Waals surface area contributed by atoms with E-state index >= 15 is 0 Å². The smallest absolute Gasteiger partial charge is 0.227 e. The number of thioether (sulfide) groups is 1. The Morgan fingerprint density at radius 2 is 2.04 bits per heavy atom. The number of carbonyl (C=O) groups is 1. The minimum atomic E-state index is -0.355. The number of hydrogen-bond donors (Lipinski definition) is 1. The molecule has 6 nitrogen and oxygen atoms in total. The lowest BCUT2D eigenvalue weighted by atomic mass is 10.2. The van der Waals surface area contributed by atoms with Crippen LogP contribution in [0.15, 0.2) is 13.7 Å². The first-order chi connectivity index (χ1) is 11.6. The zero-order chi connectivity index (χ0) is 16.7. The van der Waals surface area contributed by atoms with E-state index in [4.69, 9.17) is 5.73 Å². The Morgan fingerprint density at radius 1 is 1.21 bits per heavy atom. The molecule has 0 unspecified atom stereocenters. The largest absolute Gasteiger partial charge is 0.369 e. The van der Waals surface area contributed by atoms with Crippen molar-refractivity contribution in [2.45, 2.75) is 39.9 Å². The lowest BCUT2D eigenvalue weighted by Gasteiger charge is -2.03. The van der Waals surface area contributed by atoms with E-state index in [9.17, 15) is 4.79 Å². The number of rotatable bonds is 5. The maximum absolute atomic E-state index is 10.9. The third-order valence-corrected chi connectivity index (χ3v) is 7.86. The normalized spacial score (nSPS) is 13.5. The Bertz CT molecular complexity index is 935. The summed E-state index contributed by atoms with van der Waals surface area (Å²) < 4.78 is 1.56. The number of carbonyl (C=O) groups excluding carboxylic acids is 1. The van der Waals surface area contributed by atoms with E-state index in [1.165, 1.54) is 57.1 Å². The van der Waals surface area contributed by atoms with Crippen molar-refractivity contribution in [3.05, 3.63) is 16.3 Å². The second-order valence-corrected chi connectivity index (χ2v) is 9.82. The van der Waals surface area contributed by atoms with E-state index in [2.05, 4.69) is 20.2 Å². The summed E-state index contributed by atoms with van der Waals surface area (Å²) in [6.07, 6.45) is 3.46. The fraction of sp³-hybridized carbons (Fsp3) is 0.357. The van der Waals surface area contributed by atoms with Gasteiger partial charge in [0.05, 0.1) is 5.75 Å². The Hall–Kier alpha value is -1.23. The molecule has 0 saturated heterocycles. The molecular formula is C14H13N5OS4. The van der Waals surface area contributed by atoms with Gasteiger partial charge >= 0.3 is 0 Å². The molecule has 0 bridgehead atoms. The van der Waals surface area contributed by atoms with Crippen molar-refractivity contribution in [1.82, 2.24) is 20.2 Å². The average Bonchev–Trinajstić information content (AvgIpc) is 3.20. The summed E-state index contributed by atoms with van der Waals surface area (Å²) >= 11 is 6.09. The van der Waals surface area contributed by atoms with Crippen molar-refractivity contribution < 1.29 is 4.79 Å². The maximum atomic E-state index is 10.9. The molecule has 4 rings (SSSR count). The molecule has 3 aromatic heterocycles. The zero-order valence-corrected chi connectivity index (χ0v) is 16.0. The molecule has 3 aromatic rings. The number of fused-ring (bicyclic) bond motifs is 3. The van der Waals surface area contributed by atoms with Gasteiger partial charge in [-0.1, -0.05) is 23.1 Å². The summed E-state index contributed by atoms with van der Waals surface area (Å²) in [5, 5.41) is 10.5. The number of aryl methyl sites for hydroxylation is 3. The second-order valence-electron chi connectivity index (χ2n) is 5.30. The topological polar surface area (TPSA) is 94.6 Å². The first-order valence-electron chi connectivity index (χ1n) is 7.31. The lowest BCUT2D eigenvalue weighted by molar-refractivity contribution is -0.115. The predicted octanol–water partition coefficient (Wildman–Crippen LogP) is 3.07. The summed E-state index contributed by atoms with van der Waals surface area (Å²) in [4.78, 5) is 22.6. The van der Waals surface area contributed by atoms with Crippen LogP contribution in [0.25, 0.3) is 10.2 Å². The van der Waals surface area contributed by atoms with Gasteiger partial charge in [0.1, 0.15) is 15.7 Å². The third-order valence-electron chi connectivity index (χ3n) is 3.55. The molecule has 0 radical (unpaired) electrons. The third kappa shape index (κ3) is 3.15. The van der Waals surface area contributed by atoms with Crippen LogP contribution in [0.2, 0.25) is 0 Å². The molecule has 124 valence electrons. The van der Waals surface area contributed by atoms with E-state index in [1.54, 1.807) is 11.3 Å². The highest BCUT2D eigenvalue weighted by Crippen LogP contribution is 2.43. The van der Waals surface area contributed by atoms with Gasteiger partial charge in [0.2, 0.25) is 5.91 Å². The molecule has 0 atom stereocenters. The zero-order valence-electron chi connectivity index (χ0n) is 12.7. The maximum Gasteiger partial charge on any atom is 0.227 e. The molecule has 0 fully saturated rings. The SMILES string of the molecule is Cc1nc(Sc2nnc(SCC(N)=O)s2)c2c3c(sc2n1)CCC3. The van der Waals surface area contributed by atoms with Crippen LogP contribution < -0.4 is 5.73 Å². The summed E-state index contributed by atoms with van der Waals surface area (Å²) in [5.41, 5.74) is 6.57. The van der Waals surface area contributed by atoms with Gasteiger partial charge in [-0.3, -0.25) is 4.79 Å². The van der Waals surface area contributed by atoms with E-state index in [-0.39, 0.29) is 11.7 Å². The van der Waals surface area contributed by atoms with Crippen LogP contribution in [0, 0.1) is 6.92 Å². The van der Waals surface area contributed by atoms with E-state index < -0.39 is 0 Å². The number of nitrogens with two attached hydrogens (primary N) is 1. The van der Waals surface area contributed by atoms with Crippen LogP contribution in [-0.4, -0.2) is 31.8 Å². The highest BCUT2D eigenvalue weighted by Gasteiger charge is 2.23. The molecule has 24 heavy (non-hydrogen) atoms. The Balaban J connectivity index is 1.66. The number of amides is 1. The first kappa shape index (κ1) is 16.2. The fourth-order valence-electron chi connectivity index (χ4n) is 2.65. The summed E-state index contributed by atoms with van der Waals surface area (Å²) in [5.74, 6) is 0.637. The van der Waals surface area contributed by atoms with Crippen LogP contribution >= 0.6 is 46.2 Å². The highest BCUT2D eigenvalue weighted by molar-refractivity contribution is 8.03. The van der Waals surface area contributed by atoms with Crippen molar-refractivity contribution in [3.8, 4) is 0 Å². The summed E-state index contributed by atoms with van der Waals surface area (Å²) in [6.45, 7) is 1.92. The van der Waals surface area contributed by atoms with Crippen molar-refractivity contribution in [2.75, 3.05) is 5.75 Å². The number of primary amides is 1. The van der Waals surface area contributed by atoms with Crippen molar-refractivity contribution in [1.29, 1.82) is 0 Å². The Labute approximate surface area is 154 Å². The quantitative estimate of drug-likeness (QED) is 0.524. The van der Waals surface area contributed by atoms with Crippen LogP contribution in [-0.2, 0) is 17.6 Å². The van der Waals surface area contributed by atoms with Gasteiger partial charge in [-0.2, -0.15) is 0 Å². The molecule has 3 heterocycles. The Kier molecular flexibility index (Phi) is 4.46. The van der Waals surface area contributed by atoms with Crippen LogP contribution in [0.3, 0.4) is 0 Å². The van der Waals surface area contributed by atoms with Gasteiger partial charge in [-0.15, -0.1) is 21.5 Å². The van der Waals surface area contributed by atoms with Gasteiger partial charge in [0, 0.05) is 10.3 Å². The summed E-state index contributed by atoms with van der Waals surface area (Å²) in [6, 6.07) is 0. The van der Waals surface area contributed by atoms with Gasteiger partial charge < -0.3 is 5.73 Å². The number of hydrogen-bond acceptors (Lipinski definition) is 9. The van der Waals surface area contributed by atoms with Crippen LogP contribution in [0.1, 0.15) is 22.7 Å². The minimum Gasteiger partial charge on any atom is -0.369 e. The lowest BCUT2D eigenvalue weighted by Crippen LogP contribution is -2.12. The van der Waals surface area contributed by atoms with Gasteiger partial charge in [-0.05, 0) is 43.5 Å². The number of nitrogens with zero attached hydrogens (tertiary/aromatic N) is 4. The fourth-order valence-corrected chi connectivity index (χ4v) is 6.89. The first-order valence-corrected chi connectivity index (χ1v) is 10.7. The van der Waals surface area contributed by atoms with E-state index in [0.717, 1.165) is 37.2 Å². The van der Waals surface area contributed by atoms with Crippen molar-refractivity contribution >= 4 is 62.3 Å². The molecule has 2 N–H and O–H groups in total. The molecule has 10 heteroatoms. The van der Waals surface area contributed by atoms with E-state index in [0.29, 0.717) is 0 Å². The highest BCUT2D eigenvalue weighted by atomic mass is 32.2. The Morgan fingerprint density at radius 3 is 2.88 bits per heavy atom. The molecule has 1 amide bonds. The molecular weight excluding hydrogens is 382 g/mol. The minimum absolute atomic E-state index is 0.216. The predicted molar refractivity (Wildman–Crippen MR) is 98.1 cm³/mol. The summed E-state index contributed by atoms with van der Waals surface area (Å²) in [7, 11) is 0. The van der Waals surface area contributed by atoms with Gasteiger partial charge in [0.25, 0.3) is 0 Å². The molecule has 1 aliphatic carbocycles. The molecule has 0 saturated carbocycles. The number of aromatic nitrogens is 4. The van der Waals surface area contributed by atoms with E-state index in [1.807, 2.05) is 6.92 Å². The van der Waals surface area contributed by atoms with Crippen LogP contribution in [0.5, 0.6) is 0 Å². The second kappa shape index (κ2) is 6.58. The number of thiophene rings is 1. The molecule has 1 aliphatic rings. The van der Waals surface area contributed by atoms with Gasteiger partial charge in [0.15, 0.2) is 8.68 Å². The van der Waals surface area contributed by atoms with Crippen LogP contribution in [0.4, 0.5) is 0 Å². The van der Waals surface area contributed by atoms with Crippen molar-refractivity contribution in [3.63, 3.8) is 0 Å².